The van der Waals surface area contributed by atoms with Crippen molar-refractivity contribution in [2.75, 3.05) is 6.54 Å². The van der Waals surface area contributed by atoms with Crippen LogP contribution in [-0.2, 0) is 15.7 Å². The number of para-hydroxylation sites is 1. The number of carbonyl (C=O) groups excluding carboxylic acids is 2. The molecule has 0 spiro atoms. The lowest BCUT2D eigenvalue weighted by molar-refractivity contribution is -0.137. The molecule has 1 N–H and O–H groups in total. The highest BCUT2D eigenvalue weighted by Gasteiger charge is 2.34. The van der Waals surface area contributed by atoms with E-state index < -0.39 is 40.8 Å². The smallest absolute Gasteiger partial charge is 0.418 e. The maximum Gasteiger partial charge on any atom is 0.418 e. The van der Waals surface area contributed by atoms with Crippen LogP contribution in [-0.4, -0.2) is 34.3 Å². The van der Waals surface area contributed by atoms with Crippen LogP contribution in [0.15, 0.2) is 47.8 Å². The number of nitrogens with zero attached hydrogens (tertiary/aromatic N) is 2. The Kier molecular flexibility index (Phi) is 6.57. The van der Waals surface area contributed by atoms with Gasteiger partial charge in [-0.05, 0) is 26.0 Å². The van der Waals surface area contributed by atoms with E-state index in [1.165, 1.54) is 32.1 Å². The fourth-order valence-corrected chi connectivity index (χ4v) is 2.42. The number of rotatable bonds is 6. The molecule has 29 heavy (non-hydrogen) atoms. The van der Waals surface area contributed by atoms with Gasteiger partial charge < -0.3 is 10.1 Å². The first-order valence-electron chi connectivity index (χ1n) is 8.43. The second-order valence-electron chi connectivity index (χ2n) is 6.01. The normalized spacial score (nSPS) is 12.2. The van der Waals surface area contributed by atoms with Crippen molar-refractivity contribution in [2.45, 2.75) is 26.1 Å². The Morgan fingerprint density at radius 2 is 2.00 bits per heavy atom. The predicted octanol–water partition coefficient (Wildman–Crippen LogP) is 2.41. The van der Waals surface area contributed by atoms with Gasteiger partial charge in [-0.2, -0.15) is 18.3 Å². The molecule has 0 bridgehead atoms. The average Bonchev–Trinajstić information content (AvgIpc) is 2.65. The molecule has 0 fully saturated rings. The zero-order valence-electron chi connectivity index (χ0n) is 15.6. The van der Waals surface area contributed by atoms with Gasteiger partial charge in [0.05, 0.1) is 11.3 Å². The third-order valence-electron chi connectivity index (χ3n) is 3.81. The van der Waals surface area contributed by atoms with Crippen molar-refractivity contribution in [2.24, 2.45) is 0 Å². The van der Waals surface area contributed by atoms with E-state index in [2.05, 4.69) is 17.0 Å². The molecule has 2 rings (SSSR count). The largest absolute Gasteiger partial charge is 0.448 e. The second kappa shape index (κ2) is 8.72. The molecule has 1 aromatic heterocycles. The van der Waals surface area contributed by atoms with Crippen molar-refractivity contribution < 1.29 is 27.5 Å². The van der Waals surface area contributed by atoms with Gasteiger partial charge in [0.15, 0.2) is 6.10 Å². The quantitative estimate of drug-likeness (QED) is 0.585. The zero-order valence-corrected chi connectivity index (χ0v) is 15.6. The van der Waals surface area contributed by atoms with Crippen LogP contribution in [0.25, 0.3) is 5.69 Å². The number of ether oxygens (including phenoxy) is 1. The average molecular weight is 409 g/mol. The minimum absolute atomic E-state index is 0.0834. The lowest BCUT2D eigenvalue weighted by atomic mass is 10.1. The van der Waals surface area contributed by atoms with Crippen LogP contribution in [0.1, 0.15) is 28.7 Å². The maximum absolute atomic E-state index is 13.3. The van der Waals surface area contributed by atoms with Crippen LogP contribution >= 0.6 is 0 Å². The molecule has 1 heterocycles. The van der Waals surface area contributed by atoms with Gasteiger partial charge in [-0.25, -0.2) is 9.48 Å². The van der Waals surface area contributed by atoms with Crippen LogP contribution in [0.4, 0.5) is 13.2 Å². The number of aryl methyl sites for hydroxylation is 1. The summed E-state index contributed by atoms with van der Waals surface area (Å²) in [5.41, 5.74) is -2.85. The van der Waals surface area contributed by atoms with Gasteiger partial charge in [-0.15, -0.1) is 6.58 Å². The molecule has 0 aliphatic heterocycles. The highest BCUT2D eigenvalue weighted by atomic mass is 19.4. The summed E-state index contributed by atoms with van der Waals surface area (Å²) in [6.07, 6.45) is -4.50. The number of esters is 1. The van der Waals surface area contributed by atoms with E-state index in [9.17, 15) is 27.6 Å². The first-order valence-corrected chi connectivity index (χ1v) is 8.43. The number of alkyl halides is 3. The lowest BCUT2D eigenvalue weighted by Crippen LogP contribution is -2.37. The van der Waals surface area contributed by atoms with Crippen LogP contribution in [0.5, 0.6) is 0 Å². The topological polar surface area (TPSA) is 90.3 Å². The van der Waals surface area contributed by atoms with Crippen molar-refractivity contribution in [1.29, 1.82) is 0 Å². The molecule has 0 aliphatic rings. The first kappa shape index (κ1) is 21.9. The van der Waals surface area contributed by atoms with Crippen LogP contribution < -0.4 is 10.7 Å². The predicted molar refractivity (Wildman–Crippen MR) is 97.7 cm³/mol. The van der Waals surface area contributed by atoms with Crippen molar-refractivity contribution in [3.63, 3.8) is 0 Å². The number of hydrogen-bond acceptors (Lipinski definition) is 5. The van der Waals surface area contributed by atoms with Gasteiger partial charge in [0, 0.05) is 18.3 Å². The third-order valence-corrected chi connectivity index (χ3v) is 3.81. The minimum Gasteiger partial charge on any atom is -0.448 e. The second-order valence-corrected chi connectivity index (χ2v) is 6.01. The van der Waals surface area contributed by atoms with Crippen molar-refractivity contribution >= 4 is 11.9 Å². The molecule has 0 aliphatic carbocycles. The third kappa shape index (κ3) is 5.09. The molecule has 1 amide bonds. The van der Waals surface area contributed by atoms with E-state index in [4.69, 9.17) is 4.74 Å². The first-order chi connectivity index (χ1) is 13.6. The summed E-state index contributed by atoms with van der Waals surface area (Å²) in [6, 6.07) is 5.57. The summed E-state index contributed by atoms with van der Waals surface area (Å²) in [4.78, 5) is 36.3. The van der Waals surface area contributed by atoms with Gasteiger partial charge in [0.1, 0.15) is 0 Å². The molecule has 10 heteroatoms. The number of amides is 1. The number of benzene rings is 1. The fourth-order valence-electron chi connectivity index (χ4n) is 2.42. The molecule has 0 saturated heterocycles. The van der Waals surface area contributed by atoms with E-state index in [1.807, 2.05) is 0 Å². The minimum atomic E-state index is -4.67. The van der Waals surface area contributed by atoms with Crippen LogP contribution in [0, 0.1) is 6.92 Å². The molecule has 1 aromatic carbocycles. The Morgan fingerprint density at radius 1 is 1.34 bits per heavy atom. The summed E-state index contributed by atoms with van der Waals surface area (Å²) in [6.45, 7) is 6.23. The number of carbonyl (C=O) groups is 2. The van der Waals surface area contributed by atoms with E-state index in [0.717, 1.165) is 22.9 Å². The molecule has 0 radical (unpaired) electrons. The lowest BCUT2D eigenvalue weighted by Gasteiger charge is -2.17. The monoisotopic (exact) mass is 409 g/mol. The molecular formula is C19H18F3N3O4. The molecule has 1 atom stereocenters. The molecule has 0 unspecified atom stereocenters. The van der Waals surface area contributed by atoms with Gasteiger partial charge >= 0.3 is 12.1 Å². The summed E-state index contributed by atoms with van der Waals surface area (Å²) in [5.74, 6) is -1.86. The SMILES string of the molecule is C=CCNC(=O)[C@@H](C)OC(=O)c1nn(-c2ccccc2C(F)(F)F)c(C)cc1=O. The van der Waals surface area contributed by atoms with E-state index in [0.29, 0.717) is 0 Å². The van der Waals surface area contributed by atoms with E-state index >= 15 is 0 Å². The Morgan fingerprint density at radius 3 is 2.62 bits per heavy atom. The van der Waals surface area contributed by atoms with Crippen molar-refractivity contribution in [3.8, 4) is 5.69 Å². The number of aromatic nitrogens is 2. The van der Waals surface area contributed by atoms with E-state index in [1.54, 1.807) is 0 Å². The Hall–Kier alpha value is -3.43. The Balaban J connectivity index is 2.43. The zero-order chi connectivity index (χ0) is 21.8. The summed E-state index contributed by atoms with van der Waals surface area (Å²) in [7, 11) is 0. The summed E-state index contributed by atoms with van der Waals surface area (Å²) in [5, 5.41) is 6.18. The van der Waals surface area contributed by atoms with E-state index in [-0.39, 0.29) is 17.9 Å². The highest BCUT2D eigenvalue weighted by molar-refractivity contribution is 5.90. The van der Waals surface area contributed by atoms with Crippen molar-refractivity contribution in [1.82, 2.24) is 15.1 Å². The molecule has 154 valence electrons. The highest BCUT2D eigenvalue weighted by Crippen LogP contribution is 2.33. The van der Waals surface area contributed by atoms with Crippen LogP contribution in [0.3, 0.4) is 0 Å². The number of halogens is 3. The maximum atomic E-state index is 13.3. The molecule has 2 aromatic rings. The summed E-state index contributed by atoms with van der Waals surface area (Å²) < 4.78 is 45.7. The number of hydrogen-bond donors (Lipinski definition) is 1. The fraction of sp³-hybridized carbons (Fsp3) is 0.263. The Bertz CT molecular complexity index is 999. The van der Waals surface area contributed by atoms with Crippen molar-refractivity contribution in [3.05, 3.63) is 70.2 Å². The molecule has 7 nitrogen and oxygen atoms in total. The Labute approximate surface area is 163 Å². The molecule has 0 saturated carbocycles. The summed E-state index contributed by atoms with van der Waals surface area (Å²) >= 11 is 0. The molecular weight excluding hydrogens is 391 g/mol. The van der Waals surface area contributed by atoms with Gasteiger partial charge in [0.2, 0.25) is 11.1 Å². The van der Waals surface area contributed by atoms with Crippen LogP contribution in [0.2, 0.25) is 0 Å². The standard InChI is InChI=1S/C19H18F3N3O4/c1-4-9-23-17(27)12(3)29-18(28)16-15(26)10-11(2)25(24-16)14-8-6-5-7-13(14)19(20,21)22/h4-8,10,12H,1,9H2,2-3H3,(H,23,27)/t12-/m1/s1. The number of nitrogens with one attached hydrogen (secondary N) is 1. The van der Waals surface area contributed by atoms with Gasteiger partial charge in [-0.1, -0.05) is 18.2 Å². The van der Waals surface area contributed by atoms with Gasteiger partial charge in [0.25, 0.3) is 5.91 Å². The van der Waals surface area contributed by atoms with Gasteiger partial charge in [-0.3, -0.25) is 9.59 Å².